The van der Waals surface area contributed by atoms with Crippen molar-refractivity contribution >= 4 is 5.91 Å². The number of ether oxygens (including phenoxy) is 2. The quantitative estimate of drug-likeness (QED) is 0.836. The van der Waals surface area contributed by atoms with Gasteiger partial charge in [-0.25, -0.2) is 0 Å². The van der Waals surface area contributed by atoms with Crippen LogP contribution in [0, 0.1) is 5.92 Å². The summed E-state index contributed by atoms with van der Waals surface area (Å²) in [5.41, 5.74) is 1.05. The van der Waals surface area contributed by atoms with Gasteiger partial charge in [0.15, 0.2) is 11.5 Å². The molecule has 1 amide bonds. The highest BCUT2D eigenvalue weighted by molar-refractivity contribution is 5.80. The molecule has 1 aliphatic carbocycles. The molecule has 0 bridgehead atoms. The minimum atomic E-state index is 0.178. The van der Waals surface area contributed by atoms with Crippen LogP contribution in [0.15, 0.2) is 18.2 Å². The fourth-order valence-electron chi connectivity index (χ4n) is 1.96. The summed E-state index contributed by atoms with van der Waals surface area (Å²) in [6.45, 7) is 0.638. The summed E-state index contributed by atoms with van der Waals surface area (Å²) in [5.74, 6) is 1.92. The number of carbonyl (C=O) groups excluding carboxylic acids is 1. The minimum absolute atomic E-state index is 0.178. The van der Waals surface area contributed by atoms with Crippen LogP contribution in [0.3, 0.4) is 0 Å². The third-order valence-corrected chi connectivity index (χ3v) is 3.13. The molecule has 0 heterocycles. The van der Waals surface area contributed by atoms with Gasteiger partial charge in [-0.3, -0.25) is 4.79 Å². The van der Waals surface area contributed by atoms with E-state index >= 15 is 0 Å². The summed E-state index contributed by atoms with van der Waals surface area (Å²) < 4.78 is 10.6. The van der Waals surface area contributed by atoms with E-state index in [1.165, 1.54) is 0 Å². The molecule has 1 aromatic carbocycles. The van der Waals surface area contributed by atoms with Crippen molar-refractivity contribution in [1.29, 1.82) is 0 Å². The highest BCUT2D eigenvalue weighted by Gasteiger charge is 2.29. The van der Waals surface area contributed by atoms with E-state index in [-0.39, 0.29) is 11.8 Å². The van der Waals surface area contributed by atoms with Crippen molar-refractivity contribution < 1.29 is 14.3 Å². The monoisotopic (exact) mass is 249 g/mol. The van der Waals surface area contributed by atoms with Crippen molar-refractivity contribution in [2.45, 2.75) is 19.3 Å². The van der Waals surface area contributed by atoms with Crippen LogP contribution in [0.5, 0.6) is 11.5 Å². The Balaban J connectivity index is 1.93. The summed E-state index contributed by atoms with van der Waals surface area (Å²) in [6, 6.07) is 5.79. The molecule has 1 aliphatic rings. The van der Waals surface area contributed by atoms with E-state index in [2.05, 4.69) is 5.32 Å². The van der Waals surface area contributed by atoms with E-state index < -0.39 is 0 Å². The van der Waals surface area contributed by atoms with Gasteiger partial charge in [-0.15, -0.1) is 0 Å². The summed E-state index contributed by atoms with van der Waals surface area (Å²) in [5, 5.41) is 2.95. The van der Waals surface area contributed by atoms with Crippen molar-refractivity contribution in [3.05, 3.63) is 23.8 Å². The number of para-hydroxylation sites is 1. The molecule has 0 atom stereocenters. The Morgan fingerprint density at radius 2 is 2.11 bits per heavy atom. The van der Waals surface area contributed by atoms with E-state index in [1.54, 1.807) is 14.2 Å². The predicted molar refractivity (Wildman–Crippen MR) is 69.0 cm³/mol. The molecule has 2 rings (SSSR count). The van der Waals surface area contributed by atoms with Gasteiger partial charge in [0.1, 0.15) is 0 Å². The molecule has 0 spiro atoms. The topological polar surface area (TPSA) is 47.6 Å². The first-order valence-electron chi connectivity index (χ1n) is 6.24. The fraction of sp³-hybridized carbons (Fsp3) is 0.500. The zero-order valence-corrected chi connectivity index (χ0v) is 10.9. The van der Waals surface area contributed by atoms with Crippen LogP contribution in [0.2, 0.25) is 0 Å². The molecule has 0 saturated heterocycles. The van der Waals surface area contributed by atoms with Crippen molar-refractivity contribution in [1.82, 2.24) is 5.32 Å². The highest BCUT2D eigenvalue weighted by atomic mass is 16.5. The van der Waals surface area contributed by atoms with E-state index in [4.69, 9.17) is 9.47 Å². The van der Waals surface area contributed by atoms with Crippen LogP contribution in [0.4, 0.5) is 0 Å². The van der Waals surface area contributed by atoms with Crippen LogP contribution in [0.25, 0.3) is 0 Å². The van der Waals surface area contributed by atoms with Crippen LogP contribution in [-0.4, -0.2) is 26.7 Å². The van der Waals surface area contributed by atoms with Gasteiger partial charge < -0.3 is 14.8 Å². The van der Waals surface area contributed by atoms with E-state index in [0.29, 0.717) is 6.54 Å². The maximum Gasteiger partial charge on any atom is 0.223 e. The molecule has 1 fully saturated rings. The van der Waals surface area contributed by atoms with Gasteiger partial charge in [-0.05, 0) is 30.9 Å². The first kappa shape index (κ1) is 12.7. The molecule has 4 heteroatoms. The van der Waals surface area contributed by atoms with Crippen LogP contribution < -0.4 is 14.8 Å². The fourth-order valence-corrected chi connectivity index (χ4v) is 1.96. The number of rotatable bonds is 6. The SMILES string of the molecule is COc1cccc(CCNC(=O)C2CC2)c1OC. The summed E-state index contributed by atoms with van der Waals surface area (Å²) in [4.78, 5) is 11.5. The summed E-state index contributed by atoms with van der Waals surface area (Å²) >= 11 is 0. The third kappa shape index (κ3) is 2.94. The van der Waals surface area contributed by atoms with Gasteiger partial charge in [0.05, 0.1) is 14.2 Å². The largest absolute Gasteiger partial charge is 0.493 e. The first-order valence-corrected chi connectivity index (χ1v) is 6.24. The Labute approximate surface area is 107 Å². The van der Waals surface area contributed by atoms with Gasteiger partial charge in [0.25, 0.3) is 0 Å². The van der Waals surface area contributed by atoms with E-state index in [1.807, 2.05) is 18.2 Å². The molecule has 1 aromatic rings. The second kappa shape index (κ2) is 5.76. The highest BCUT2D eigenvalue weighted by Crippen LogP contribution is 2.31. The lowest BCUT2D eigenvalue weighted by atomic mass is 10.1. The zero-order valence-electron chi connectivity index (χ0n) is 10.9. The van der Waals surface area contributed by atoms with Gasteiger partial charge in [-0.2, -0.15) is 0 Å². The lowest BCUT2D eigenvalue weighted by Gasteiger charge is -2.12. The molecule has 18 heavy (non-hydrogen) atoms. The second-order valence-corrected chi connectivity index (χ2v) is 4.47. The van der Waals surface area contributed by atoms with Crippen LogP contribution >= 0.6 is 0 Å². The number of nitrogens with one attached hydrogen (secondary N) is 1. The van der Waals surface area contributed by atoms with Crippen molar-refractivity contribution in [3.63, 3.8) is 0 Å². The second-order valence-electron chi connectivity index (χ2n) is 4.47. The number of methoxy groups -OCH3 is 2. The summed E-state index contributed by atoms with van der Waals surface area (Å²) in [6.07, 6.45) is 2.82. The molecule has 1 N–H and O–H groups in total. The Morgan fingerprint density at radius 1 is 1.33 bits per heavy atom. The standard InChI is InChI=1S/C14H19NO3/c1-17-12-5-3-4-10(13(12)18-2)8-9-15-14(16)11-6-7-11/h3-5,11H,6-9H2,1-2H3,(H,15,16). The van der Waals surface area contributed by atoms with Gasteiger partial charge >= 0.3 is 0 Å². The zero-order chi connectivity index (χ0) is 13.0. The molecular weight excluding hydrogens is 230 g/mol. The van der Waals surface area contributed by atoms with Gasteiger partial charge in [0.2, 0.25) is 5.91 Å². The smallest absolute Gasteiger partial charge is 0.223 e. The number of benzene rings is 1. The van der Waals surface area contributed by atoms with Crippen molar-refractivity contribution in [3.8, 4) is 11.5 Å². The maximum absolute atomic E-state index is 11.5. The van der Waals surface area contributed by atoms with Gasteiger partial charge in [-0.1, -0.05) is 12.1 Å². The summed E-state index contributed by atoms with van der Waals surface area (Å²) in [7, 11) is 3.25. The molecule has 1 saturated carbocycles. The van der Waals surface area contributed by atoms with Crippen molar-refractivity contribution in [2.75, 3.05) is 20.8 Å². The molecule has 0 aliphatic heterocycles. The molecule has 4 nitrogen and oxygen atoms in total. The van der Waals surface area contributed by atoms with Crippen LogP contribution in [0.1, 0.15) is 18.4 Å². The Hall–Kier alpha value is -1.71. The normalized spacial score (nSPS) is 14.1. The number of amides is 1. The van der Waals surface area contributed by atoms with E-state index in [0.717, 1.165) is 36.3 Å². The average Bonchev–Trinajstić information content (AvgIpc) is 3.22. The average molecular weight is 249 g/mol. The molecule has 0 radical (unpaired) electrons. The maximum atomic E-state index is 11.5. The first-order chi connectivity index (χ1) is 8.76. The lowest BCUT2D eigenvalue weighted by Crippen LogP contribution is -2.27. The third-order valence-electron chi connectivity index (χ3n) is 3.13. The molecule has 98 valence electrons. The number of carbonyl (C=O) groups is 1. The number of hydrogen-bond acceptors (Lipinski definition) is 3. The van der Waals surface area contributed by atoms with Gasteiger partial charge in [0, 0.05) is 12.5 Å². The number of hydrogen-bond donors (Lipinski definition) is 1. The molecular formula is C14H19NO3. The Bertz CT molecular complexity index is 427. The molecule has 0 aromatic heterocycles. The van der Waals surface area contributed by atoms with Crippen LogP contribution in [-0.2, 0) is 11.2 Å². The van der Waals surface area contributed by atoms with E-state index in [9.17, 15) is 4.79 Å². The minimum Gasteiger partial charge on any atom is -0.493 e. The Morgan fingerprint density at radius 3 is 2.72 bits per heavy atom. The van der Waals surface area contributed by atoms with Crippen molar-refractivity contribution in [2.24, 2.45) is 5.92 Å². The Kier molecular flexibility index (Phi) is 4.07. The molecule has 0 unspecified atom stereocenters. The predicted octanol–water partition coefficient (Wildman–Crippen LogP) is 1.77. The lowest BCUT2D eigenvalue weighted by molar-refractivity contribution is -0.122.